The van der Waals surface area contributed by atoms with E-state index in [2.05, 4.69) is 58.9 Å². The average Bonchev–Trinajstić information content (AvgIpc) is 2.35. The molecular weight excluding hydrogens is 413 g/mol. The Morgan fingerprint density at radius 2 is 1.22 bits per heavy atom. The Hall–Kier alpha value is 0.628. The summed E-state index contributed by atoms with van der Waals surface area (Å²) in [5.41, 5.74) is 0. The fourth-order valence-electron chi connectivity index (χ4n) is 3.02. The summed E-state index contributed by atoms with van der Waals surface area (Å²) in [6, 6.07) is 0.900. The van der Waals surface area contributed by atoms with E-state index in [0.29, 0.717) is 26.4 Å². The molecule has 0 aromatic carbocycles. The number of hydrogen-bond acceptors (Lipinski definition) is 6. The molecule has 0 saturated carbocycles. The third-order valence-electron chi connectivity index (χ3n) is 3.19. The second-order valence-corrected chi connectivity index (χ2v) is 26.2. The lowest BCUT2D eigenvalue weighted by Crippen LogP contribution is -2.56. The molecule has 0 aliphatic heterocycles. The van der Waals surface area contributed by atoms with Crippen LogP contribution in [0.2, 0.25) is 65.0 Å². The first kappa shape index (κ1) is 27.6. The Balaban J connectivity index is 4.54. The lowest BCUT2D eigenvalue weighted by atomic mass is 10.4. The molecule has 0 aliphatic carbocycles. The van der Waals surface area contributed by atoms with Crippen LogP contribution in [0.3, 0.4) is 0 Å². The lowest BCUT2D eigenvalue weighted by molar-refractivity contribution is 0.00951. The summed E-state index contributed by atoms with van der Waals surface area (Å²) in [6.07, 6.45) is 0.472. The van der Waals surface area contributed by atoms with Crippen LogP contribution in [-0.2, 0) is 21.8 Å². The van der Waals surface area contributed by atoms with E-state index < -0.39 is 39.9 Å². The standard InChI is InChI=1S/C17H44O6Si4/c1-17(18)16-20-14-13-19-12-11-15-27(10,22-25(5,6)7)23-26(8,9)21-24(2,3)4/h17-18H,11-16H2,1-10H3. The summed E-state index contributed by atoms with van der Waals surface area (Å²) in [4.78, 5) is 0. The smallest absolute Gasteiger partial charge is 0.315 e. The van der Waals surface area contributed by atoms with Crippen molar-refractivity contribution >= 4 is 33.8 Å². The molecule has 27 heavy (non-hydrogen) atoms. The molecule has 0 radical (unpaired) electrons. The normalized spacial score (nSPS) is 17.0. The first-order chi connectivity index (χ1) is 12.0. The van der Waals surface area contributed by atoms with Crippen LogP contribution in [-0.4, -0.2) is 71.4 Å². The highest BCUT2D eigenvalue weighted by molar-refractivity contribution is 6.89. The third kappa shape index (κ3) is 17.2. The second-order valence-electron chi connectivity index (χ2n) is 9.70. The minimum absolute atomic E-state index is 0.350. The molecule has 0 rings (SSSR count). The van der Waals surface area contributed by atoms with Gasteiger partial charge in [0.25, 0.3) is 0 Å². The van der Waals surface area contributed by atoms with Gasteiger partial charge in [-0.15, -0.1) is 0 Å². The van der Waals surface area contributed by atoms with Gasteiger partial charge in [0.2, 0.25) is 0 Å². The van der Waals surface area contributed by atoms with Gasteiger partial charge in [-0.1, -0.05) is 0 Å². The zero-order chi connectivity index (χ0) is 21.4. The van der Waals surface area contributed by atoms with E-state index in [1.807, 2.05) is 0 Å². The zero-order valence-corrected chi connectivity index (χ0v) is 23.3. The van der Waals surface area contributed by atoms with Crippen molar-refractivity contribution in [3.63, 3.8) is 0 Å². The molecule has 0 saturated heterocycles. The van der Waals surface area contributed by atoms with Crippen molar-refractivity contribution in [3.05, 3.63) is 0 Å². The van der Waals surface area contributed by atoms with Gasteiger partial charge in [0.05, 0.1) is 25.9 Å². The molecule has 10 heteroatoms. The zero-order valence-electron chi connectivity index (χ0n) is 19.3. The monoisotopic (exact) mass is 456 g/mol. The van der Waals surface area contributed by atoms with E-state index >= 15 is 0 Å². The fraction of sp³-hybridized carbons (Fsp3) is 1.00. The van der Waals surface area contributed by atoms with Gasteiger partial charge in [0.1, 0.15) is 0 Å². The molecule has 2 atom stereocenters. The number of aliphatic hydroxyl groups is 1. The highest BCUT2D eigenvalue weighted by Crippen LogP contribution is 2.27. The van der Waals surface area contributed by atoms with Gasteiger partial charge in [-0.25, -0.2) is 0 Å². The number of aliphatic hydroxyl groups excluding tert-OH is 1. The molecular formula is C17H44O6Si4. The summed E-state index contributed by atoms with van der Waals surface area (Å²) in [5, 5.41) is 9.15. The van der Waals surface area contributed by atoms with Crippen molar-refractivity contribution in [2.24, 2.45) is 0 Å². The average molecular weight is 457 g/mol. The summed E-state index contributed by atoms with van der Waals surface area (Å²) >= 11 is 0. The van der Waals surface area contributed by atoms with Crippen LogP contribution < -0.4 is 0 Å². The van der Waals surface area contributed by atoms with Crippen LogP contribution >= 0.6 is 0 Å². The maximum Gasteiger partial charge on any atom is 0.315 e. The second kappa shape index (κ2) is 11.7. The van der Waals surface area contributed by atoms with Crippen LogP contribution in [0.25, 0.3) is 0 Å². The van der Waals surface area contributed by atoms with E-state index in [1.165, 1.54) is 0 Å². The number of hydrogen-bond donors (Lipinski definition) is 1. The molecule has 0 aliphatic rings. The van der Waals surface area contributed by atoms with Crippen molar-refractivity contribution < 1.29 is 26.9 Å². The molecule has 2 unspecified atom stereocenters. The largest absolute Gasteiger partial charge is 0.437 e. The van der Waals surface area contributed by atoms with Gasteiger partial charge in [-0.2, -0.15) is 0 Å². The van der Waals surface area contributed by atoms with Crippen LogP contribution in [0.4, 0.5) is 0 Å². The van der Waals surface area contributed by atoms with Crippen LogP contribution in [0.5, 0.6) is 0 Å². The van der Waals surface area contributed by atoms with Gasteiger partial charge in [-0.3, -0.25) is 0 Å². The van der Waals surface area contributed by atoms with E-state index in [0.717, 1.165) is 12.5 Å². The molecule has 164 valence electrons. The van der Waals surface area contributed by atoms with E-state index in [-0.39, 0.29) is 0 Å². The SMILES string of the molecule is CC(O)COCCOCCC[Si](C)(O[Si](C)(C)C)O[Si](C)(C)O[Si](C)(C)C. The summed E-state index contributed by atoms with van der Waals surface area (Å²) in [6.45, 7) is 23.5. The topological polar surface area (TPSA) is 66.4 Å². The van der Waals surface area contributed by atoms with E-state index in [9.17, 15) is 0 Å². The predicted molar refractivity (Wildman–Crippen MR) is 122 cm³/mol. The Morgan fingerprint density at radius 1 is 0.704 bits per heavy atom. The Kier molecular flexibility index (Phi) is 12.0. The fourth-order valence-corrected chi connectivity index (χ4v) is 20.9. The minimum Gasteiger partial charge on any atom is -0.437 e. The summed E-state index contributed by atoms with van der Waals surface area (Å²) in [5.74, 6) is 0. The lowest BCUT2D eigenvalue weighted by Gasteiger charge is -2.41. The number of ether oxygens (including phenoxy) is 2. The molecule has 0 heterocycles. The van der Waals surface area contributed by atoms with Crippen molar-refractivity contribution in [3.8, 4) is 0 Å². The molecule has 6 nitrogen and oxygen atoms in total. The molecule has 0 amide bonds. The first-order valence-corrected chi connectivity index (χ1v) is 22.1. The van der Waals surface area contributed by atoms with Crippen molar-refractivity contribution in [2.75, 3.05) is 26.4 Å². The molecule has 0 spiro atoms. The molecule has 0 aromatic rings. The van der Waals surface area contributed by atoms with E-state index in [4.69, 9.17) is 26.9 Å². The maximum atomic E-state index is 9.15. The Morgan fingerprint density at radius 3 is 1.70 bits per heavy atom. The maximum absolute atomic E-state index is 9.15. The first-order valence-electron chi connectivity index (χ1n) is 9.98. The molecule has 0 bridgehead atoms. The van der Waals surface area contributed by atoms with Gasteiger partial charge < -0.3 is 26.9 Å². The quantitative estimate of drug-likeness (QED) is 0.293. The van der Waals surface area contributed by atoms with Crippen molar-refractivity contribution in [1.82, 2.24) is 0 Å². The predicted octanol–water partition coefficient (Wildman–Crippen LogP) is 4.28. The third-order valence-corrected chi connectivity index (χ3v) is 16.7. The van der Waals surface area contributed by atoms with Crippen molar-refractivity contribution in [2.45, 2.75) is 84.4 Å². The van der Waals surface area contributed by atoms with Crippen molar-refractivity contribution in [1.29, 1.82) is 0 Å². The Labute approximate surface area is 171 Å². The summed E-state index contributed by atoms with van der Waals surface area (Å²) < 4.78 is 30.6. The van der Waals surface area contributed by atoms with Crippen LogP contribution in [0.15, 0.2) is 0 Å². The summed E-state index contributed by atoms with van der Waals surface area (Å²) in [7, 11) is -7.94. The van der Waals surface area contributed by atoms with E-state index in [1.54, 1.807) is 6.92 Å². The molecule has 0 fully saturated rings. The van der Waals surface area contributed by atoms with Crippen LogP contribution in [0.1, 0.15) is 13.3 Å². The minimum atomic E-state index is -2.33. The molecule has 0 aromatic heterocycles. The van der Waals surface area contributed by atoms with Crippen LogP contribution in [0, 0.1) is 0 Å². The van der Waals surface area contributed by atoms with Gasteiger partial charge in [-0.05, 0) is 78.3 Å². The Bertz CT molecular complexity index is 409. The highest BCUT2D eigenvalue weighted by atomic mass is 28.5. The number of rotatable bonds is 15. The van der Waals surface area contributed by atoms with Gasteiger partial charge in [0, 0.05) is 6.61 Å². The van der Waals surface area contributed by atoms with Gasteiger partial charge in [0.15, 0.2) is 16.6 Å². The van der Waals surface area contributed by atoms with Gasteiger partial charge >= 0.3 is 17.1 Å². The molecule has 1 N–H and O–H groups in total. The highest BCUT2D eigenvalue weighted by Gasteiger charge is 2.44.